The summed E-state index contributed by atoms with van der Waals surface area (Å²) in [5.74, 6) is -0.613. The Morgan fingerprint density at radius 2 is 0.645 bits per heavy atom. The van der Waals surface area contributed by atoms with E-state index in [0.717, 1.165) is 166 Å². The first kappa shape index (κ1) is 73.9. The van der Waals surface area contributed by atoms with E-state index in [2.05, 4.69) is 50.6 Å². The third-order valence-electron chi connectivity index (χ3n) is 16.5. The SMILES string of the molecule is CC1CCC(NC(=O)CC(CC(=O)NC2CCC(C)CC2)C(=O)NC2CCC(C)CC2)CC1.CCCCCCC(O)CCCCCCCCCCC(=O)[O-].CCCCCCC(O)CCCCCCCCCCC(=O)[O-].[Zn+2]. The summed E-state index contributed by atoms with van der Waals surface area (Å²) >= 11 is 0. The number of hydrogen-bond acceptors (Lipinski definition) is 9. The first-order valence-corrected chi connectivity index (χ1v) is 31.8. The summed E-state index contributed by atoms with van der Waals surface area (Å²) in [6.45, 7) is 11.2. The minimum atomic E-state index is -0.928. The van der Waals surface area contributed by atoms with Crippen LogP contribution in [0.4, 0.5) is 0 Å². The molecular formula is C63H117N3O9Zn. The molecule has 76 heavy (non-hydrogen) atoms. The maximum Gasteiger partial charge on any atom is 2.00 e. The molecule has 0 radical (unpaired) electrons. The van der Waals surface area contributed by atoms with Crippen molar-refractivity contribution < 1.29 is 63.9 Å². The number of hydrogen-bond donors (Lipinski definition) is 5. The van der Waals surface area contributed by atoms with E-state index in [1.165, 1.54) is 103 Å². The average molecular weight is 1130 g/mol. The summed E-state index contributed by atoms with van der Waals surface area (Å²) in [5, 5.41) is 49.6. The van der Waals surface area contributed by atoms with Crippen molar-refractivity contribution in [2.45, 2.75) is 347 Å². The van der Waals surface area contributed by atoms with Gasteiger partial charge in [0, 0.05) is 42.9 Å². The zero-order valence-electron chi connectivity index (χ0n) is 49.8. The van der Waals surface area contributed by atoms with E-state index < -0.39 is 17.9 Å². The van der Waals surface area contributed by atoms with Gasteiger partial charge >= 0.3 is 19.5 Å². The largest absolute Gasteiger partial charge is 2.00 e. The van der Waals surface area contributed by atoms with Crippen LogP contribution in [0.15, 0.2) is 0 Å². The Bertz CT molecular complexity index is 1330. The molecule has 440 valence electrons. The number of aliphatic hydroxyl groups is 2. The van der Waals surface area contributed by atoms with Gasteiger partial charge in [-0.25, -0.2) is 0 Å². The quantitative estimate of drug-likeness (QED) is 0.0292. The Morgan fingerprint density at radius 1 is 0.395 bits per heavy atom. The second kappa shape index (κ2) is 49.9. The van der Waals surface area contributed by atoms with Crippen molar-refractivity contribution in [3.63, 3.8) is 0 Å². The zero-order chi connectivity index (χ0) is 55.3. The molecule has 3 aliphatic rings. The van der Waals surface area contributed by atoms with Gasteiger partial charge in [-0.1, -0.05) is 176 Å². The number of unbranched alkanes of at least 4 members (excludes halogenated alkanes) is 20. The normalized spacial score (nSPS) is 21.5. The Labute approximate surface area is 478 Å². The number of rotatable bonds is 40. The fourth-order valence-electron chi connectivity index (χ4n) is 11.1. The van der Waals surface area contributed by atoms with Crippen molar-refractivity contribution in [2.24, 2.45) is 23.7 Å². The number of carbonyl (C=O) groups excluding carboxylic acids is 5. The van der Waals surface area contributed by atoms with Crippen LogP contribution in [0.25, 0.3) is 0 Å². The van der Waals surface area contributed by atoms with Crippen LogP contribution in [0.5, 0.6) is 0 Å². The van der Waals surface area contributed by atoms with Gasteiger partial charge in [0.1, 0.15) is 0 Å². The van der Waals surface area contributed by atoms with E-state index in [0.29, 0.717) is 5.92 Å². The summed E-state index contributed by atoms with van der Waals surface area (Å²) in [5.41, 5.74) is 0. The molecule has 13 heteroatoms. The maximum atomic E-state index is 13.2. The monoisotopic (exact) mass is 1120 g/mol. The van der Waals surface area contributed by atoms with Crippen molar-refractivity contribution in [3.8, 4) is 0 Å². The molecule has 2 atom stereocenters. The molecule has 3 fully saturated rings. The van der Waals surface area contributed by atoms with Crippen molar-refractivity contribution >= 4 is 29.7 Å². The number of nitrogens with one attached hydrogen (secondary N) is 3. The summed E-state index contributed by atoms with van der Waals surface area (Å²) < 4.78 is 0. The molecule has 2 unspecified atom stereocenters. The van der Waals surface area contributed by atoms with Crippen LogP contribution in [-0.4, -0.2) is 70.2 Å². The molecule has 3 amide bonds. The van der Waals surface area contributed by atoms with Gasteiger partial charge < -0.3 is 46.0 Å². The molecule has 0 saturated heterocycles. The third-order valence-corrected chi connectivity index (χ3v) is 16.5. The Kier molecular flexibility index (Phi) is 48.5. The molecule has 12 nitrogen and oxygen atoms in total. The van der Waals surface area contributed by atoms with Crippen LogP contribution in [0.3, 0.4) is 0 Å². The average Bonchev–Trinajstić information content (AvgIpc) is 3.37. The van der Waals surface area contributed by atoms with Crippen molar-refractivity contribution in [1.82, 2.24) is 16.0 Å². The van der Waals surface area contributed by atoms with Crippen molar-refractivity contribution in [1.29, 1.82) is 0 Å². The molecular weight excluding hydrogens is 1010 g/mol. The Balaban J connectivity index is 0.00000116. The standard InChI is InChI=1S/C27H47N3O3.2C18H36O3.Zn/c1-18-4-10-22(11-5-18)28-25(31)16-21(27(33)30-24-14-8-20(3)9-15-24)17-26(32)29-23-12-6-19(2)7-13-23;2*1-2-3-4-11-14-17(19)15-12-9-7-5-6-8-10-13-16-18(20)21;/h18-24H,4-17H2,1-3H3,(H,28,31)(H,29,32)(H,30,33);2*17,19H,2-16H2,1H3,(H,20,21);/q;;;+2/p-2. The van der Waals surface area contributed by atoms with Gasteiger partial charge in [-0.05, 0) is 146 Å². The van der Waals surface area contributed by atoms with Crippen LogP contribution in [0, 0.1) is 23.7 Å². The molecule has 0 aromatic carbocycles. The van der Waals surface area contributed by atoms with E-state index in [1.807, 2.05) is 0 Å². The van der Waals surface area contributed by atoms with Gasteiger partial charge in [-0.3, -0.25) is 14.4 Å². The van der Waals surface area contributed by atoms with Crippen LogP contribution in [0.1, 0.15) is 317 Å². The Morgan fingerprint density at radius 3 is 0.921 bits per heavy atom. The number of carboxylic acid groups (broad SMARTS) is 2. The fraction of sp³-hybridized carbons (Fsp3) is 0.921. The smallest absolute Gasteiger partial charge is 0.550 e. The molecule has 3 aliphatic carbocycles. The van der Waals surface area contributed by atoms with Gasteiger partial charge in [-0.15, -0.1) is 0 Å². The minimum Gasteiger partial charge on any atom is -0.550 e. The van der Waals surface area contributed by atoms with Gasteiger partial charge in [0.2, 0.25) is 17.7 Å². The molecule has 0 spiro atoms. The number of aliphatic hydroxyl groups excluding tert-OH is 2. The number of amides is 3. The molecule has 3 rings (SSSR count). The van der Waals surface area contributed by atoms with E-state index >= 15 is 0 Å². The third kappa shape index (κ3) is 44.7. The molecule has 0 aromatic heterocycles. The van der Waals surface area contributed by atoms with Crippen LogP contribution >= 0.6 is 0 Å². The van der Waals surface area contributed by atoms with E-state index in [4.69, 9.17) is 0 Å². The molecule has 0 heterocycles. The van der Waals surface area contributed by atoms with Crippen LogP contribution in [-0.2, 0) is 43.5 Å². The van der Waals surface area contributed by atoms with Crippen molar-refractivity contribution in [2.75, 3.05) is 0 Å². The van der Waals surface area contributed by atoms with Gasteiger partial charge in [0.15, 0.2) is 0 Å². The molecule has 3 saturated carbocycles. The Hall–Kier alpha value is -2.11. The van der Waals surface area contributed by atoms with E-state index in [1.54, 1.807) is 0 Å². The predicted molar refractivity (Wildman–Crippen MR) is 303 cm³/mol. The molecule has 0 bridgehead atoms. The fourth-order valence-corrected chi connectivity index (χ4v) is 11.1. The number of carbonyl (C=O) groups is 5. The second-order valence-corrected chi connectivity index (χ2v) is 24.1. The van der Waals surface area contributed by atoms with Gasteiger partial charge in [-0.2, -0.15) is 0 Å². The predicted octanol–water partition coefficient (Wildman–Crippen LogP) is 12.4. The number of aliphatic carboxylic acids is 2. The molecule has 0 aromatic rings. The zero-order valence-corrected chi connectivity index (χ0v) is 52.7. The number of carboxylic acids is 2. The van der Waals surface area contributed by atoms with Crippen molar-refractivity contribution in [3.05, 3.63) is 0 Å². The summed E-state index contributed by atoms with van der Waals surface area (Å²) in [6.07, 6.45) is 44.8. The second-order valence-electron chi connectivity index (χ2n) is 24.1. The first-order valence-electron chi connectivity index (χ1n) is 31.8. The first-order chi connectivity index (χ1) is 36.1. The van der Waals surface area contributed by atoms with Gasteiger partial charge in [0.25, 0.3) is 0 Å². The summed E-state index contributed by atoms with van der Waals surface area (Å²) in [6, 6.07) is 0.576. The van der Waals surface area contributed by atoms with Crippen LogP contribution in [0.2, 0.25) is 0 Å². The topological polar surface area (TPSA) is 208 Å². The van der Waals surface area contributed by atoms with E-state index in [9.17, 15) is 44.4 Å². The van der Waals surface area contributed by atoms with E-state index in [-0.39, 0.29) is 93.2 Å². The van der Waals surface area contributed by atoms with Crippen LogP contribution < -0.4 is 26.2 Å². The molecule has 0 aliphatic heterocycles. The molecule has 5 N–H and O–H groups in total. The van der Waals surface area contributed by atoms with Gasteiger partial charge in [0.05, 0.1) is 18.1 Å². The summed E-state index contributed by atoms with van der Waals surface area (Å²) in [4.78, 5) is 59.3. The summed E-state index contributed by atoms with van der Waals surface area (Å²) in [7, 11) is 0. The minimum absolute atomic E-state index is 0. The maximum absolute atomic E-state index is 13.2.